The molecular weight excluding hydrogens is 343 g/mol. The number of benzene rings is 2. The number of aromatic nitrogens is 4. The van der Waals surface area contributed by atoms with E-state index in [1.165, 1.54) is 12.1 Å². The Labute approximate surface area is 154 Å². The van der Waals surface area contributed by atoms with Crippen molar-refractivity contribution in [3.8, 4) is 6.07 Å². The second kappa shape index (κ2) is 6.84. The topological polar surface area (TPSA) is 79.4 Å². The number of hydrogen-bond acceptors (Lipinski definition) is 5. The SMILES string of the molecule is Cc1ccc2nnc(C#N)c(Nc3cnn(Cc4cccc(F)c4)c3)c2c1. The quantitative estimate of drug-likeness (QED) is 0.598. The van der Waals surface area contributed by atoms with Crippen LogP contribution < -0.4 is 5.32 Å². The number of nitrogens with one attached hydrogen (secondary N) is 1. The van der Waals surface area contributed by atoms with Crippen molar-refractivity contribution in [2.45, 2.75) is 13.5 Å². The summed E-state index contributed by atoms with van der Waals surface area (Å²) in [6.07, 6.45) is 3.45. The van der Waals surface area contributed by atoms with Crippen LogP contribution in [0.4, 0.5) is 15.8 Å². The number of halogens is 1. The van der Waals surface area contributed by atoms with Crippen molar-refractivity contribution in [1.29, 1.82) is 5.26 Å². The van der Waals surface area contributed by atoms with E-state index in [-0.39, 0.29) is 11.5 Å². The lowest BCUT2D eigenvalue weighted by Gasteiger charge is -2.09. The summed E-state index contributed by atoms with van der Waals surface area (Å²) in [5.74, 6) is -0.277. The average Bonchev–Trinajstić information content (AvgIpc) is 3.09. The number of aryl methyl sites for hydroxylation is 1. The molecule has 27 heavy (non-hydrogen) atoms. The van der Waals surface area contributed by atoms with Crippen LogP contribution in [0.25, 0.3) is 10.9 Å². The van der Waals surface area contributed by atoms with Gasteiger partial charge in [-0.3, -0.25) is 4.68 Å². The van der Waals surface area contributed by atoms with Crippen molar-refractivity contribution in [1.82, 2.24) is 20.0 Å². The highest BCUT2D eigenvalue weighted by Gasteiger charge is 2.12. The number of hydrogen-bond donors (Lipinski definition) is 1. The molecule has 2 aromatic carbocycles. The molecule has 4 rings (SSSR count). The summed E-state index contributed by atoms with van der Waals surface area (Å²) >= 11 is 0. The first-order valence-corrected chi connectivity index (χ1v) is 8.33. The molecule has 2 aromatic heterocycles. The Balaban J connectivity index is 1.66. The summed E-state index contributed by atoms with van der Waals surface area (Å²) in [6.45, 7) is 2.42. The third-order valence-electron chi connectivity index (χ3n) is 4.16. The van der Waals surface area contributed by atoms with Crippen LogP contribution in [0, 0.1) is 24.1 Å². The normalized spacial score (nSPS) is 10.7. The molecule has 0 saturated carbocycles. The molecule has 0 bridgehead atoms. The second-order valence-corrected chi connectivity index (χ2v) is 6.24. The Morgan fingerprint density at radius 1 is 1.19 bits per heavy atom. The minimum absolute atomic E-state index is 0.214. The van der Waals surface area contributed by atoms with E-state index in [0.717, 1.165) is 16.5 Å². The van der Waals surface area contributed by atoms with Gasteiger partial charge in [0.05, 0.1) is 29.6 Å². The monoisotopic (exact) mass is 358 g/mol. The Morgan fingerprint density at radius 2 is 2.07 bits per heavy atom. The van der Waals surface area contributed by atoms with Gasteiger partial charge in [-0.25, -0.2) is 4.39 Å². The van der Waals surface area contributed by atoms with Gasteiger partial charge in [0.2, 0.25) is 0 Å². The van der Waals surface area contributed by atoms with Crippen LogP contribution in [0.5, 0.6) is 0 Å². The zero-order valence-corrected chi connectivity index (χ0v) is 14.5. The molecule has 1 N–H and O–H groups in total. The van der Waals surface area contributed by atoms with E-state index >= 15 is 0 Å². The molecule has 0 spiro atoms. The van der Waals surface area contributed by atoms with Crippen LogP contribution in [0.1, 0.15) is 16.8 Å². The molecule has 7 heteroatoms. The van der Waals surface area contributed by atoms with Gasteiger partial charge in [-0.05, 0) is 36.8 Å². The molecule has 0 aliphatic carbocycles. The van der Waals surface area contributed by atoms with E-state index in [1.54, 1.807) is 23.1 Å². The summed E-state index contributed by atoms with van der Waals surface area (Å²) in [7, 11) is 0. The zero-order chi connectivity index (χ0) is 18.8. The summed E-state index contributed by atoms with van der Waals surface area (Å²) < 4.78 is 15.0. The third kappa shape index (κ3) is 3.46. The van der Waals surface area contributed by atoms with Crippen LogP contribution in [0.3, 0.4) is 0 Å². The molecule has 2 heterocycles. The van der Waals surface area contributed by atoms with Crippen molar-refractivity contribution in [3.05, 3.63) is 77.5 Å². The smallest absolute Gasteiger partial charge is 0.187 e. The number of nitrogens with zero attached hydrogens (tertiary/aromatic N) is 5. The molecule has 0 radical (unpaired) electrons. The van der Waals surface area contributed by atoms with Gasteiger partial charge in [-0.2, -0.15) is 10.4 Å². The molecule has 0 amide bonds. The molecule has 6 nitrogen and oxygen atoms in total. The van der Waals surface area contributed by atoms with Gasteiger partial charge in [0.1, 0.15) is 11.9 Å². The van der Waals surface area contributed by atoms with Crippen molar-refractivity contribution >= 4 is 22.3 Å². The minimum atomic E-state index is -0.277. The number of rotatable bonds is 4. The lowest BCUT2D eigenvalue weighted by molar-refractivity contribution is 0.619. The molecule has 0 atom stereocenters. The van der Waals surface area contributed by atoms with E-state index in [1.807, 2.05) is 31.2 Å². The number of anilines is 2. The summed E-state index contributed by atoms with van der Waals surface area (Å²) in [5.41, 5.74) is 4.09. The van der Waals surface area contributed by atoms with Crippen LogP contribution >= 0.6 is 0 Å². The van der Waals surface area contributed by atoms with Gasteiger partial charge in [0, 0.05) is 11.6 Å². The van der Waals surface area contributed by atoms with Crippen LogP contribution in [-0.4, -0.2) is 20.0 Å². The predicted molar refractivity (Wildman–Crippen MR) is 100 cm³/mol. The maximum atomic E-state index is 13.3. The van der Waals surface area contributed by atoms with Gasteiger partial charge in [-0.15, -0.1) is 10.2 Å². The highest BCUT2D eigenvalue weighted by Crippen LogP contribution is 2.28. The van der Waals surface area contributed by atoms with E-state index in [9.17, 15) is 9.65 Å². The predicted octanol–water partition coefficient (Wildman–Crippen LogP) is 3.94. The first-order chi connectivity index (χ1) is 13.1. The molecular formula is C20H15FN6. The minimum Gasteiger partial charge on any atom is -0.350 e. The van der Waals surface area contributed by atoms with E-state index in [2.05, 4.69) is 26.7 Å². The second-order valence-electron chi connectivity index (χ2n) is 6.24. The van der Waals surface area contributed by atoms with Gasteiger partial charge in [0.15, 0.2) is 5.69 Å². The van der Waals surface area contributed by atoms with Gasteiger partial charge >= 0.3 is 0 Å². The number of fused-ring (bicyclic) bond motifs is 1. The molecule has 132 valence electrons. The Bertz CT molecular complexity index is 1170. The van der Waals surface area contributed by atoms with Crippen molar-refractivity contribution in [3.63, 3.8) is 0 Å². The lowest BCUT2D eigenvalue weighted by atomic mass is 10.1. The summed E-state index contributed by atoms with van der Waals surface area (Å²) in [5, 5.41) is 25.8. The fourth-order valence-electron chi connectivity index (χ4n) is 2.90. The largest absolute Gasteiger partial charge is 0.350 e. The highest BCUT2D eigenvalue weighted by molar-refractivity contribution is 5.95. The van der Waals surface area contributed by atoms with E-state index < -0.39 is 0 Å². The average molecular weight is 358 g/mol. The first kappa shape index (κ1) is 16.7. The Hall–Kier alpha value is -3.79. The fourth-order valence-corrected chi connectivity index (χ4v) is 2.90. The summed E-state index contributed by atoms with van der Waals surface area (Å²) in [4.78, 5) is 0. The van der Waals surface area contributed by atoms with Crippen molar-refractivity contribution < 1.29 is 4.39 Å². The van der Waals surface area contributed by atoms with Crippen LogP contribution in [0.15, 0.2) is 54.9 Å². The standard InChI is InChI=1S/C20H15FN6/c1-13-5-6-18-17(7-13)20(19(9-22)26-25-18)24-16-10-23-27(12-16)11-14-3-2-4-15(21)8-14/h2-8,10,12H,11H2,1H3,(H,24,25). The fraction of sp³-hybridized carbons (Fsp3) is 0.100. The lowest BCUT2D eigenvalue weighted by Crippen LogP contribution is -2.01. The van der Waals surface area contributed by atoms with Gasteiger partial charge < -0.3 is 5.32 Å². The number of nitriles is 1. The third-order valence-corrected chi connectivity index (χ3v) is 4.16. The van der Waals surface area contributed by atoms with Crippen LogP contribution in [-0.2, 0) is 6.54 Å². The van der Waals surface area contributed by atoms with Gasteiger partial charge in [0.25, 0.3) is 0 Å². The molecule has 0 aliphatic rings. The first-order valence-electron chi connectivity index (χ1n) is 8.33. The maximum Gasteiger partial charge on any atom is 0.187 e. The Kier molecular flexibility index (Phi) is 4.22. The van der Waals surface area contributed by atoms with E-state index in [4.69, 9.17) is 0 Å². The van der Waals surface area contributed by atoms with Gasteiger partial charge in [-0.1, -0.05) is 23.8 Å². The summed E-state index contributed by atoms with van der Waals surface area (Å²) in [6, 6.07) is 14.3. The molecule has 0 saturated heterocycles. The zero-order valence-electron chi connectivity index (χ0n) is 14.5. The highest BCUT2D eigenvalue weighted by atomic mass is 19.1. The Morgan fingerprint density at radius 3 is 2.89 bits per heavy atom. The van der Waals surface area contributed by atoms with E-state index in [0.29, 0.717) is 23.4 Å². The maximum absolute atomic E-state index is 13.3. The molecule has 4 aromatic rings. The molecule has 0 fully saturated rings. The molecule has 0 aliphatic heterocycles. The molecule has 0 unspecified atom stereocenters. The van der Waals surface area contributed by atoms with Crippen LogP contribution in [0.2, 0.25) is 0 Å². The van der Waals surface area contributed by atoms with Crippen molar-refractivity contribution in [2.24, 2.45) is 0 Å². The van der Waals surface area contributed by atoms with Crippen molar-refractivity contribution in [2.75, 3.05) is 5.32 Å².